The number of benzene rings is 2. The van der Waals surface area contributed by atoms with Gasteiger partial charge in [-0.1, -0.05) is 88.8 Å². The molecule has 2 rings (SSSR count). The number of rotatable bonds is 12. The van der Waals surface area contributed by atoms with Crippen molar-refractivity contribution in [1.29, 1.82) is 0 Å². The van der Waals surface area contributed by atoms with Crippen LogP contribution in [0.5, 0.6) is 11.5 Å². The fourth-order valence-corrected chi connectivity index (χ4v) is 3.16. The molecule has 0 amide bonds. The standard InChI is InChI=1S/C24H34O2/c1-4-5-6-7-8-11-16-21(2)24(3,25-22-17-12-9-13-18-22)26-23-19-14-10-15-20-23/h9-10,12-15,17-21H,4-8,11,16H2,1-3H3. The summed E-state index contributed by atoms with van der Waals surface area (Å²) in [6.07, 6.45) is 8.93. The smallest absolute Gasteiger partial charge is 0.250 e. The highest BCUT2D eigenvalue weighted by Crippen LogP contribution is 2.31. The van der Waals surface area contributed by atoms with Gasteiger partial charge in [-0.2, -0.15) is 0 Å². The van der Waals surface area contributed by atoms with Gasteiger partial charge in [-0.3, -0.25) is 0 Å². The van der Waals surface area contributed by atoms with Crippen molar-refractivity contribution in [1.82, 2.24) is 0 Å². The fraction of sp³-hybridized carbons (Fsp3) is 0.500. The van der Waals surface area contributed by atoms with Gasteiger partial charge in [0.25, 0.3) is 5.79 Å². The van der Waals surface area contributed by atoms with E-state index in [0.717, 1.165) is 17.9 Å². The average molecular weight is 355 g/mol. The number of hydrogen-bond acceptors (Lipinski definition) is 2. The zero-order chi connectivity index (χ0) is 18.7. The summed E-state index contributed by atoms with van der Waals surface area (Å²) in [5, 5.41) is 0. The summed E-state index contributed by atoms with van der Waals surface area (Å²) < 4.78 is 12.7. The van der Waals surface area contributed by atoms with Gasteiger partial charge in [0.15, 0.2) is 0 Å². The van der Waals surface area contributed by atoms with Crippen molar-refractivity contribution in [3.63, 3.8) is 0 Å². The van der Waals surface area contributed by atoms with Crippen LogP contribution in [0.25, 0.3) is 0 Å². The first-order valence-electron chi connectivity index (χ1n) is 10.1. The summed E-state index contributed by atoms with van der Waals surface area (Å²) in [5.74, 6) is 1.29. The van der Waals surface area contributed by atoms with Crippen molar-refractivity contribution in [2.75, 3.05) is 0 Å². The molecule has 2 heteroatoms. The largest absolute Gasteiger partial charge is 0.452 e. The first-order valence-corrected chi connectivity index (χ1v) is 10.1. The monoisotopic (exact) mass is 354 g/mol. The van der Waals surface area contributed by atoms with Crippen LogP contribution in [0.15, 0.2) is 60.7 Å². The molecule has 1 unspecified atom stereocenters. The van der Waals surface area contributed by atoms with Crippen LogP contribution in [-0.2, 0) is 0 Å². The van der Waals surface area contributed by atoms with Crippen molar-refractivity contribution < 1.29 is 9.47 Å². The van der Waals surface area contributed by atoms with E-state index in [0.29, 0.717) is 0 Å². The third-order valence-electron chi connectivity index (χ3n) is 5.01. The quantitative estimate of drug-likeness (QED) is 0.295. The Hall–Kier alpha value is -1.96. The molecule has 0 saturated carbocycles. The Morgan fingerprint density at radius 1 is 0.731 bits per heavy atom. The van der Waals surface area contributed by atoms with Gasteiger partial charge in [0, 0.05) is 12.8 Å². The average Bonchev–Trinajstić information content (AvgIpc) is 2.66. The molecule has 2 aromatic rings. The molecule has 0 aromatic heterocycles. The number of para-hydroxylation sites is 2. The van der Waals surface area contributed by atoms with Crippen molar-refractivity contribution in [2.24, 2.45) is 5.92 Å². The SMILES string of the molecule is CCCCCCCCC(C)C(C)(Oc1ccccc1)Oc1ccccc1. The Bertz CT molecular complexity index is 553. The molecular weight excluding hydrogens is 320 g/mol. The first kappa shape index (κ1) is 20.4. The second-order valence-electron chi connectivity index (χ2n) is 7.30. The summed E-state index contributed by atoms with van der Waals surface area (Å²) in [6, 6.07) is 20.0. The van der Waals surface area contributed by atoms with Crippen LogP contribution in [0.2, 0.25) is 0 Å². The van der Waals surface area contributed by atoms with Crippen LogP contribution in [-0.4, -0.2) is 5.79 Å². The van der Waals surface area contributed by atoms with Crippen molar-refractivity contribution in [3.05, 3.63) is 60.7 Å². The minimum Gasteiger partial charge on any atom is -0.452 e. The van der Waals surface area contributed by atoms with Crippen LogP contribution in [0.1, 0.15) is 65.7 Å². The topological polar surface area (TPSA) is 18.5 Å². The summed E-state index contributed by atoms with van der Waals surface area (Å²) in [7, 11) is 0. The second-order valence-corrected chi connectivity index (χ2v) is 7.30. The highest BCUT2D eigenvalue weighted by Gasteiger charge is 2.35. The normalized spacial score (nSPS) is 12.6. The van der Waals surface area contributed by atoms with E-state index in [1.165, 1.54) is 38.5 Å². The maximum Gasteiger partial charge on any atom is 0.250 e. The zero-order valence-corrected chi connectivity index (χ0v) is 16.6. The number of hydrogen-bond donors (Lipinski definition) is 0. The summed E-state index contributed by atoms with van der Waals surface area (Å²) >= 11 is 0. The zero-order valence-electron chi connectivity index (χ0n) is 16.6. The molecule has 0 bridgehead atoms. The van der Waals surface area contributed by atoms with Gasteiger partial charge >= 0.3 is 0 Å². The van der Waals surface area contributed by atoms with Crippen LogP contribution in [0.4, 0.5) is 0 Å². The molecule has 0 heterocycles. The van der Waals surface area contributed by atoms with E-state index in [1.54, 1.807) is 0 Å². The molecule has 0 aliphatic rings. The van der Waals surface area contributed by atoms with Gasteiger partial charge in [0.05, 0.1) is 0 Å². The number of unbranched alkanes of at least 4 members (excludes halogenated alkanes) is 5. The summed E-state index contributed by atoms with van der Waals surface area (Å²) in [5.41, 5.74) is 0. The molecule has 1 atom stereocenters. The van der Waals surface area contributed by atoms with Crippen LogP contribution in [0, 0.1) is 5.92 Å². The van der Waals surface area contributed by atoms with Crippen molar-refractivity contribution in [2.45, 2.75) is 71.5 Å². The minimum absolute atomic E-state index is 0.286. The molecule has 0 spiro atoms. The molecule has 2 aromatic carbocycles. The highest BCUT2D eigenvalue weighted by molar-refractivity contribution is 5.24. The van der Waals surface area contributed by atoms with Crippen molar-refractivity contribution >= 4 is 0 Å². The molecule has 0 aliphatic carbocycles. The maximum atomic E-state index is 6.34. The predicted octanol–water partition coefficient (Wildman–Crippen LogP) is 7.25. The molecule has 0 fully saturated rings. The van der Waals surface area contributed by atoms with Gasteiger partial charge in [0.1, 0.15) is 11.5 Å². The lowest BCUT2D eigenvalue weighted by atomic mass is 9.94. The Balaban J connectivity index is 1.99. The summed E-state index contributed by atoms with van der Waals surface area (Å²) in [6.45, 7) is 6.56. The van der Waals surface area contributed by atoms with E-state index >= 15 is 0 Å². The minimum atomic E-state index is -0.688. The molecular formula is C24H34O2. The van der Waals surface area contributed by atoms with E-state index in [9.17, 15) is 0 Å². The lowest BCUT2D eigenvalue weighted by Gasteiger charge is -2.36. The van der Waals surface area contributed by atoms with E-state index in [4.69, 9.17) is 9.47 Å². The molecule has 0 saturated heterocycles. The molecule has 142 valence electrons. The van der Waals surface area contributed by atoms with E-state index in [1.807, 2.05) is 60.7 Å². The van der Waals surface area contributed by atoms with Crippen LogP contribution in [0.3, 0.4) is 0 Å². The third kappa shape index (κ3) is 6.74. The fourth-order valence-electron chi connectivity index (χ4n) is 3.16. The van der Waals surface area contributed by atoms with Crippen LogP contribution >= 0.6 is 0 Å². The van der Waals surface area contributed by atoms with Gasteiger partial charge in [-0.25, -0.2) is 0 Å². The maximum absolute atomic E-state index is 6.34. The highest BCUT2D eigenvalue weighted by atomic mass is 16.7. The molecule has 0 radical (unpaired) electrons. The molecule has 2 nitrogen and oxygen atoms in total. The Morgan fingerprint density at radius 3 is 1.69 bits per heavy atom. The van der Waals surface area contributed by atoms with Gasteiger partial charge in [0.2, 0.25) is 0 Å². The predicted molar refractivity (Wildman–Crippen MR) is 110 cm³/mol. The van der Waals surface area contributed by atoms with E-state index in [-0.39, 0.29) is 5.92 Å². The van der Waals surface area contributed by atoms with Gasteiger partial charge in [-0.15, -0.1) is 0 Å². The first-order chi connectivity index (χ1) is 12.6. The molecule has 26 heavy (non-hydrogen) atoms. The van der Waals surface area contributed by atoms with Crippen LogP contribution < -0.4 is 9.47 Å². The number of ether oxygens (including phenoxy) is 2. The Kier molecular flexibility index (Phi) is 8.53. The van der Waals surface area contributed by atoms with E-state index < -0.39 is 5.79 Å². The van der Waals surface area contributed by atoms with Gasteiger partial charge < -0.3 is 9.47 Å². The Morgan fingerprint density at radius 2 is 1.19 bits per heavy atom. The second kappa shape index (κ2) is 10.9. The lowest BCUT2D eigenvalue weighted by molar-refractivity contribution is -0.139. The van der Waals surface area contributed by atoms with E-state index in [2.05, 4.69) is 20.8 Å². The third-order valence-corrected chi connectivity index (χ3v) is 5.01. The molecule has 0 aliphatic heterocycles. The van der Waals surface area contributed by atoms with Crippen molar-refractivity contribution in [3.8, 4) is 11.5 Å². The molecule has 0 N–H and O–H groups in total. The lowest BCUT2D eigenvalue weighted by Crippen LogP contribution is -2.45. The summed E-state index contributed by atoms with van der Waals surface area (Å²) in [4.78, 5) is 0. The Labute approximate surface area is 159 Å². The van der Waals surface area contributed by atoms with Gasteiger partial charge in [-0.05, 0) is 30.7 Å².